The number of fused-ring (bicyclic) bond motifs is 2. The molecule has 1 unspecified atom stereocenters. The lowest BCUT2D eigenvalue weighted by atomic mass is 9.67. The van der Waals surface area contributed by atoms with Crippen LogP contribution in [0.5, 0.6) is 0 Å². The van der Waals surface area contributed by atoms with E-state index in [4.69, 9.17) is 4.74 Å². The zero-order chi connectivity index (χ0) is 19.8. The first kappa shape index (κ1) is 18.3. The molecule has 4 atom stereocenters. The molecule has 150 valence electrons. The summed E-state index contributed by atoms with van der Waals surface area (Å²) in [6, 6.07) is 10.6. The maximum absolute atomic E-state index is 13.5. The third kappa shape index (κ3) is 3.54. The Morgan fingerprint density at radius 3 is 2.86 bits per heavy atom. The molecule has 5 heteroatoms. The van der Waals surface area contributed by atoms with E-state index in [1.54, 1.807) is 12.3 Å². The number of benzene rings is 1. The zero-order valence-corrected chi connectivity index (χ0v) is 16.3. The predicted molar refractivity (Wildman–Crippen MR) is 109 cm³/mol. The van der Waals surface area contributed by atoms with Crippen LogP contribution in [0.1, 0.15) is 31.4 Å². The fourth-order valence-electron chi connectivity index (χ4n) is 5.32. The quantitative estimate of drug-likeness (QED) is 0.725. The van der Waals surface area contributed by atoms with Crippen molar-refractivity contribution in [2.75, 3.05) is 13.2 Å². The van der Waals surface area contributed by atoms with E-state index in [1.165, 1.54) is 37.8 Å². The van der Waals surface area contributed by atoms with Crippen molar-refractivity contribution in [3.63, 3.8) is 0 Å². The molecule has 4 nitrogen and oxygen atoms in total. The van der Waals surface area contributed by atoms with Gasteiger partial charge in [-0.3, -0.25) is 4.98 Å². The van der Waals surface area contributed by atoms with Crippen LogP contribution in [0.2, 0.25) is 0 Å². The van der Waals surface area contributed by atoms with Crippen molar-refractivity contribution >= 4 is 12.2 Å². The van der Waals surface area contributed by atoms with Crippen molar-refractivity contribution in [1.29, 1.82) is 0 Å². The van der Waals surface area contributed by atoms with Crippen LogP contribution in [0.15, 0.2) is 48.7 Å². The largest absolute Gasteiger partial charge is 0.447 e. The molecule has 1 aromatic heterocycles. The van der Waals surface area contributed by atoms with Crippen LogP contribution in [0.3, 0.4) is 0 Å². The number of aromatic nitrogens is 1. The standard InChI is InChI=1S/C24H25FN2O2/c25-19-6-3-5-16(12-19)17-8-9-20(26-13-17)10-11-22-21-7-2-1-4-18(21)14-27-23(22)15-29-24(27)28/h3,5-6,8-13,18,21-23H,1-2,4,7,14-15H2/b11-10+/t18?,21-,22-,23-/m1/s1. The second-order valence-electron chi connectivity index (χ2n) is 8.42. The maximum Gasteiger partial charge on any atom is 0.410 e. The van der Waals surface area contributed by atoms with Gasteiger partial charge in [0.1, 0.15) is 12.4 Å². The highest BCUT2D eigenvalue weighted by molar-refractivity contribution is 5.70. The number of halogens is 1. The molecule has 0 N–H and O–H groups in total. The summed E-state index contributed by atoms with van der Waals surface area (Å²) < 4.78 is 18.8. The van der Waals surface area contributed by atoms with E-state index in [2.05, 4.69) is 17.1 Å². The fourth-order valence-corrected chi connectivity index (χ4v) is 5.32. The molecule has 1 aromatic carbocycles. The average molecular weight is 392 g/mol. The Labute approximate surface area is 170 Å². The Morgan fingerprint density at radius 1 is 1.14 bits per heavy atom. The van der Waals surface area contributed by atoms with E-state index in [0.717, 1.165) is 23.4 Å². The van der Waals surface area contributed by atoms with Crippen LogP contribution in [0, 0.1) is 23.6 Å². The summed E-state index contributed by atoms with van der Waals surface area (Å²) in [7, 11) is 0. The summed E-state index contributed by atoms with van der Waals surface area (Å²) in [5.41, 5.74) is 2.59. The highest BCUT2D eigenvalue weighted by Crippen LogP contribution is 2.44. The van der Waals surface area contributed by atoms with Gasteiger partial charge in [0.25, 0.3) is 0 Å². The molecule has 3 fully saturated rings. The van der Waals surface area contributed by atoms with Crippen LogP contribution in [0.25, 0.3) is 17.2 Å². The van der Waals surface area contributed by atoms with Gasteiger partial charge in [0.2, 0.25) is 0 Å². The molecule has 2 aliphatic heterocycles. The van der Waals surface area contributed by atoms with Gasteiger partial charge in [0.15, 0.2) is 0 Å². The van der Waals surface area contributed by atoms with Crippen LogP contribution in [0.4, 0.5) is 9.18 Å². The van der Waals surface area contributed by atoms with E-state index in [-0.39, 0.29) is 18.0 Å². The first-order chi connectivity index (χ1) is 14.2. The Balaban J connectivity index is 1.37. The van der Waals surface area contributed by atoms with E-state index < -0.39 is 0 Å². The first-order valence-corrected chi connectivity index (χ1v) is 10.5. The van der Waals surface area contributed by atoms with Gasteiger partial charge in [0.05, 0.1) is 11.7 Å². The molecule has 29 heavy (non-hydrogen) atoms. The number of carbonyl (C=O) groups excluding carboxylic acids is 1. The fraction of sp³-hybridized carbons (Fsp3) is 0.417. The lowest BCUT2D eigenvalue weighted by molar-refractivity contribution is 0.0472. The molecule has 2 saturated heterocycles. The molecule has 1 aliphatic carbocycles. The SMILES string of the molecule is O=C1OC[C@@H]2[C@H](/C=C/c3ccc(-c4cccc(F)c4)cn3)[C@@H]3CCCCC3CN12. The third-order valence-corrected chi connectivity index (χ3v) is 6.78. The highest BCUT2D eigenvalue weighted by Gasteiger charge is 2.48. The van der Waals surface area contributed by atoms with Gasteiger partial charge < -0.3 is 9.64 Å². The minimum absolute atomic E-state index is 0.143. The first-order valence-electron chi connectivity index (χ1n) is 10.5. The molecule has 2 aromatic rings. The predicted octanol–water partition coefficient (Wildman–Crippen LogP) is 5.16. The molecule has 1 saturated carbocycles. The number of piperidine rings is 1. The summed E-state index contributed by atoms with van der Waals surface area (Å²) in [4.78, 5) is 18.6. The number of rotatable bonds is 3. The average Bonchev–Trinajstić information content (AvgIpc) is 3.12. The van der Waals surface area contributed by atoms with Crippen LogP contribution >= 0.6 is 0 Å². The molecule has 3 heterocycles. The minimum atomic E-state index is -0.247. The molecule has 0 bridgehead atoms. The number of hydrogen-bond donors (Lipinski definition) is 0. The topological polar surface area (TPSA) is 42.4 Å². The van der Waals surface area contributed by atoms with E-state index in [1.807, 2.05) is 23.1 Å². The zero-order valence-electron chi connectivity index (χ0n) is 16.3. The summed E-state index contributed by atoms with van der Waals surface area (Å²) in [6.45, 7) is 1.34. The normalized spacial score (nSPS) is 28.9. The Bertz CT molecular complexity index is 927. The molecule has 0 spiro atoms. The number of amides is 1. The summed E-state index contributed by atoms with van der Waals surface area (Å²) in [5.74, 6) is 1.25. The van der Waals surface area contributed by atoms with Gasteiger partial charge >= 0.3 is 6.09 Å². The number of hydrogen-bond acceptors (Lipinski definition) is 3. The van der Waals surface area contributed by atoms with Gasteiger partial charge in [-0.25, -0.2) is 9.18 Å². The van der Waals surface area contributed by atoms with Crippen molar-refractivity contribution in [1.82, 2.24) is 9.88 Å². The van der Waals surface area contributed by atoms with Gasteiger partial charge in [-0.2, -0.15) is 0 Å². The Morgan fingerprint density at radius 2 is 2.03 bits per heavy atom. The lowest BCUT2D eigenvalue weighted by Gasteiger charge is -2.46. The van der Waals surface area contributed by atoms with Gasteiger partial charge in [0, 0.05) is 24.2 Å². The van der Waals surface area contributed by atoms with Crippen molar-refractivity contribution in [3.8, 4) is 11.1 Å². The van der Waals surface area contributed by atoms with Crippen LogP contribution < -0.4 is 0 Å². The summed E-state index contributed by atoms with van der Waals surface area (Å²) >= 11 is 0. The number of ether oxygens (including phenoxy) is 1. The Kier molecular flexibility index (Phi) is 4.82. The number of cyclic esters (lactones) is 1. The van der Waals surface area contributed by atoms with Gasteiger partial charge in [-0.15, -0.1) is 0 Å². The molecular weight excluding hydrogens is 367 g/mol. The monoisotopic (exact) mass is 392 g/mol. The van der Waals surface area contributed by atoms with Gasteiger partial charge in [-0.1, -0.05) is 37.1 Å². The summed E-state index contributed by atoms with van der Waals surface area (Å²) in [5, 5.41) is 0. The van der Waals surface area contributed by atoms with Crippen molar-refractivity contribution in [2.45, 2.75) is 31.7 Å². The summed E-state index contributed by atoms with van der Waals surface area (Å²) in [6.07, 6.45) is 10.9. The van der Waals surface area contributed by atoms with Gasteiger partial charge in [-0.05, 0) is 54.5 Å². The molecule has 3 aliphatic rings. The molecule has 5 rings (SSSR count). The van der Waals surface area contributed by atoms with E-state index in [9.17, 15) is 9.18 Å². The second-order valence-corrected chi connectivity index (χ2v) is 8.42. The third-order valence-electron chi connectivity index (χ3n) is 6.78. The highest BCUT2D eigenvalue weighted by atomic mass is 19.1. The maximum atomic E-state index is 13.5. The molecule has 1 amide bonds. The van der Waals surface area contributed by atoms with Crippen molar-refractivity contribution in [3.05, 3.63) is 60.2 Å². The second kappa shape index (κ2) is 7.62. The number of pyridine rings is 1. The van der Waals surface area contributed by atoms with Crippen LogP contribution in [-0.2, 0) is 4.74 Å². The molecular formula is C24H25FN2O2. The lowest BCUT2D eigenvalue weighted by Crippen LogP contribution is -2.52. The number of nitrogens with zero attached hydrogens (tertiary/aromatic N) is 2. The van der Waals surface area contributed by atoms with E-state index >= 15 is 0 Å². The number of carbonyl (C=O) groups is 1. The minimum Gasteiger partial charge on any atom is -0.447 e. The van der Waals surface area contributed by atoms with Crippen LogP contribution in [-0.4, -0.2) is 35.2 Å². The smallest absolute Gasteiger partial charge is 0.410 e. The van der Waals surface area contributed by atoms with E-state index in [0.29, 0.717) is 24.4 Å². The molecule has 0 radical (unpaired) electrons. The Hall–Kier alpha value is -2.69. The van der Waals surface area contributed by atoms with Crippen molar-refractivity contribution in [2.24, 2.45) is 17.8 Å². The van der Waals surface area contributed by atoms with Crippen molar-refractivity contribution < 1.29 is 13.9 Å².